The van der Waals surface area contributed by atoms with Crippen molar-refractivity contribution in [2.75, 3.05) is 0 Å². The van der Waals surface area contributed by atoms with Gasteiger partial charge in [0.25, 0.3) is 0 Å². The van der Waals surface area contributed by atoms with Crippen LogP contribution in [0.3, 0.4) is 0 Å². The third-order valence-corrected chi connectivity index (χ3v) is 4.67. The summed E-state index contributed by atoms with van der Waals surface area (Å²) in [7, 11) is 0. The van der Waals surface area contributed by atoms with E-state index in [9.17, 15) is 20.0 Å². The zero-order chi connectivity index (χ0) is 22.8. The van der Waals surface area contributed by atoms with Crippen LogP contribution in [0.25, 0.3) is 5.57 Å². The Morgan fingerprint density at radius 3 is 2.26 bits per heavy atom. The number of nitrogens with zero attached hydrogens (tertiary/aromatic N) is 2. The Hall–Kier alpha value is -3.66. The van der Waals surface area contributed by atoms with Gasteiger partial charge in [0, 0.05) is 19.3 Å². The van der Waals surface area contributed by atoms with Gasteiger partial charge in [-0.25, -0.2) is 0 Å². The minimum atomic E-state index is -0.846. The van der Waals surface area contributed by atoms with Crippen molar-refractivity contribution in [3.63, 3.8) is 0 Å². The highest BCUT2D eigenvalue weighted by atomic mass is 16.3. The van der Waals surface area contributed by atoms with Crippen molar-refractivity contribution in [1.29, 1.82) is 5.26 Å². The highest BCUT2D eigenvalue weighted by molar-refractivity contribution is 5.88. The van der Waals surface area contributed by atoms with Crippen molar-refractivity contribution in [3.05, 3.63) is 71.7 Å². The van der Waals surface area contributed by atoms with Crippen LogP contribution in [0.1, 0.15) is 38.3 Å². The molecular formula is C24H28N4O3. The fourth-order valence-electron chi connectivity index (χ4n) is 3.25. The molecule has 1 aromatic heterocycles. The number of carbonyl (C=O) groups excluding carboxylic acids is 2. The smallest absolute Gasteiger partial charge is 0.243 e. The highest BCUT2D eigenvalue weighted by Crippen LogP contribution is 2.21. The first-order valence-corrected chi connectivity index (χ1v) is 10.2. The van der Waals surface area contributed by atoms with E-state index < -0.39 is 18.0 Å². The zero-order valence-electron chi connectivity index (χ0n) is 18.0. The third-order valence-electron chi connectivity index (χ3n) is 4.67. The lowest BCUT2D eigenvalue weighted by Gasteiger charge is -2.24. The molecule has 162 valence electrons. The molecule has 7 nitrogen and oxygen atoms in total. The van der Waals surface area contributed by atoms with E-state index in [4.69, 9.17) is 0 Å². The summed E-state index contributed by atoms with van der Waals surface area (Å²) in [6, 6.07) is 13.0. The molecule has 2 rings (SSSR count). The van der Waals surface area contributed by atoms with E-state index in [0.29, 0.717) is 12.0 Å². The first-order valence-electron chi connectivity index (χ1n) is 10.2. The average molecular weight is 421 g/mol. The maximum Gasteiger partial charge on any atom is 0.243 e. The van der Waals surface area contributed by atoms with Crippen LogP contribution in [0.15, 0.2) is 60.6 Å². The Morgan fingerprint density at radius 1 is 1.06 bits per heavy atom. The van der Waals surface area contributed by atoms with Crippen LogP contribution in [0.2, 0.25) is 0 Å². The summed E-state index contributed by atoms with van der Waals surface area (Å²) < 4.78 is 0. The number of benzene rings is 1. The summed E-state index contributed by atoms with van der Waals surface area (Å²) in [5, 5.41) is 26.2. The molecule has 0 spiro atoms. The molecule has 0 saturated carbocycles. The van der Waals surface area contributed by atoms with Gasteiger partial charge in [-0.2, -0.15) is 5.26 Å². The second kappa shape index (κ2) is 11.5. The first-order chi connectivity index (χ1) is 14.8. The Labute approximate surface area is 182 Å². The Morgan fingerprint density at radius 2 is 1.71 bits per heavy atom. The number of rotatable bonds is 9. The second-order valence-electron chi connectivity index (χ2n) is 7.74. The minimum Gasteiger partial charge on any atom is -0.509 e. The number of aliphatic hydroxyl groups is 1. The van der Waals surface area contributed by atoms with Gasteiger partial charge in [0.15, 0.2) is 0 Å². The molecule has 0 radical (unpaired) electrons. The average Bonchev–Trinajstić information content (AvgIpc) is 2.74. The summed E-state index contributed by atoms with van der Waals surface area (Å²) in [5.41, 5.74) is 1.44. The van der Waals surface area contributed by atoms with Crippen LogP contribution in [0.4, 0.5) is 0 Å². The van der Waals surface area contributed by atoms with Gasteiger partial charge in [-0.05, 0) is 42.0 Å². The Kier molecular flexibility index (Phi) is 8.77. The fraction of sp³-hybridized carbons (Fsp3) is 0.333. The van der Waals surface area contributed by atoms with Crippen molar-refractivity contribution >= 4 is 17.4 Å². The molecule has 0 saturated heterocycles. The predicted octanol–water partition coefficient (Wildman–Crippen LogP) is 3.15. The van der Waals surface area contributed by atoms with E-state index in [2.05, 4.69) is 15.6 Å². The molecule has 1 unspecified atom stereocenters. The van der Waals surface area contributed by atoms with Crippen LogP contribution in [-0.4, -0.2) is 34.0 Å². The molecular weight excluding hydrogens is 392 g/mol. The van der Waals surface area contributed by atoms with Gasteiger partial charge in [0.1, 0.15) is 17.9 Å². The van der Waals surface area contributed by atoms with Crippen LogP contribution in [0, 0.1) is 17.2 Å². The van der Waals surface area contributed by atoms with Crippen molar-refractivity contribution < 1.29 is 14.7 Å². The second-order valence-corrected chi connectivity index (χ2v) is 7.74. The van der Waals surface area contributed by atoms with Crippen LogP contribution in [0.5, 0.6) is 0 Å². The van der Waals surface area contributed by atoms with Gasteiger partial charge < -0.3 is 15.7 Å². The largest absolute Gasteiger partial charge is 0.509 e. The maximum atomic E-state index is 13.0. The van der Waals surface area contributed by atoms with Crippen LogP contribution < -0.4 is 10.6 Å². The number of aromatic nitrogens is 1. The lowest BCUT2D eigenvalue weighted by molar-refractivity contribution is -0.128. The lowest BCUT2D eigenvalue weighted by Crippen LogP contribution is -2.50. The summed E-state index contributed by atoms with van der Waals surface area (Å²) in [6.07, 6.45) is 3.78. The van der Waals surface area contributed by atoms with E-state index in [1.54, 1.807) is 12.1 Å². The van der Waals surface area contributed by atoms with Gasteiger partial charge in [0.05, 0.1) is 11.6 Å². The van der Waals surface area contributed by atoms with E-state index in [1.807, 2.05) is 50.2 Å². The predicted molar refractivity (Wildman–Crippen MR) is 119 cm³/mol. The van der Waals surface area contributed by atoms with E-state index in [-0.39, 0.29) is 29.6 Å². The topological polar surface area (TPSA) is 115 Å². The van der Waals surface area contributed by atoms with Gasteiger partial charge in [0.2, 0.25) is 11.8 Å². The number of aliphatic hydroxyl groups excluding tert-OH is 1. The minimum absolute atomic E-state index is 0.0589. The van der Waals surface area contributed by atoms with Gasteiger partial charge in [-0.1, -0.05) is 44.2 Å². The van der Waals surface area contributed by atoms with E-state index >= 15 is 0 Å². The quantitative estimate of drug-likeness (QED) is 0.426. The molecule has 1 aromatic carbocycles. The molecule has 2 atom stereocenters. The molecule has 3 N–H and O–H groups in total. The van der Waals surface area contributed by atoms with E-state index in [1.165, 1.54) is 19.3 Å². The molecule has 0 fully saturated rings. The number of hydrogen-bond acceptors (Lipinski definition) is 5. The number of hydrogen-bond donors (Lipinski definition) is 3. The first kappa shape index (κ1) is 23.6. The number of pyridine rings is 1. The highest BCUT2D eigenvalue weighted by Gasteiger charge is 2.27. The monoisotopic (exact) mass is 420 g/mol. The molecule has 7 heteroatoms. The summed E-state index contributed by atoms with van der Waals surface area (Å²) >= 11 is 0. The standard InChI is InChI=1S/C24H28N4O3/c1-16(2)13-22(27-17(3)29)24(31)28-21(14-18-7-5-4-6-8-18)23(30)20(15-25)19-9-11-26-12-10-19/h4-12,16,21-22,30H,13-14H2,1-3H3,(H,27,29)(H,28,31)/b23-20-/t21-,22?/m0/s1. The number of amides is 2. The molecule has 0 aliphatic rings. The summed E-state index contributed by atoms with van der Waals surface area (Å²) in [5.74, 6) is -0.791. The fourth-order valence-corrected chi connectivity index (χ4v) is 3.25. The summed E-state index contributed by atoms with van der Waals surface area (Å²) in [6.45, 7) is 5.27. The third kappa shape index (κ3) is 7.27. The summed E-state index contributed by atoms with van der Waals surface area (Å²) in [4.78, 5) is 28.5. The molecule has 2 amide bonds. The Bertz CT molecular complexity index is 950. The number of allylic oxidation sites excluding steroid dienone is 1. The molecule has 0 aliphatic carbocycles. The number of carbonyl (C=O) groups is 2. The maximum absolute atomic E-state index is 13.0. The van der Waals surface area contributed by atoms with Crippen LogP contribution >= 0.6 is 0 Å². The van der Waals surface area contributed by atoms with Crippen LogP contribution in [-0.2, 0) is 16.0 Å². The number of nitrogens with one attached hydrogen (secondary N) is 2. The van der Waals surface area contributed by atoms with Crippen molar-refractivity contribution in [1.82, 2.24) is 15.6 Å². The molecule has 0 bridgehead atoms. The normalized spacial score (nSPS) is 13.5. The lowest BCUT2D eigenvalue weighted by atomic mass is 9.97. The molecule has 2 aromatic rings. The molecule has 0 aliphatic heterocycles. The van der Waals surface area contributed by atoms with E-state index in [0.717, 1.165) is 5.56 Å². The zero-order valence-corrected chi connectivity index (χ0v) is 18.0. The van der Waals surface area contributed by atoms with Crippen molar-refractivity contribution in [2.24, 2.45) is 5.92 Å². The van der Waals surface area contributed by atoms with Gasteiger partial charge >= 0.3 is 0 Å². The molecule has 31 heavy (non-hydrogen) atoms. The van der Waals surface area contributed by atoms with Crippen molar-refractivity contribution in [3.8, 4) is 6.07 Å². The van der Waals surface area contributed by atoms with Crippen molar-refractivity contribution in [2.45, 2.75) is 45.7 Å². The Balaban J connectivity index is 2.40. The van der Waals surface area contributed by atoms with Gasteiger partial charge in [-0.3, -0.25) is 14.6 Å². The number of nitriles is 1. The SMILES string of the molecule is CC(=O)NC(CC(C)C)C(=O)N[C@@H](Cc1ccccc1)/C(O)=C(\C#N)c1ccncc1. The van der Waals surface area contributed by atoms with Gasteiger partial charge in [-0.15, -0.1) is 0 Å². The molecule has 1 heterocycles.